The average Bonchev–Trinajstić information content (AvgIpc) is 2.69. The smallest absolute Gasteiger partial charge is 0.258 e. The second-order valence-corrected chi connectivity index (χ2v) is 6.64. The summed E-state index contributed by atoms with van der Waals surface area (Å²) < 4.78 is 13.7. The van der Waals surface area contributed by atoms with Crippen molar-refractivity contribution in [1.29, 1.82) is 0 Å². The fraction of sp³-hybridized carbons (Fsp3) is 0.333. The van der Waals surface area contributed by atoms with E-state index in [1.165, 1.54) is 12.1 Å². The Hall–Kier alpha value is -2.89. The van der Waals surface area contributed by atoms with E-state index in [2.05, 4.69) is 15.5 Å². The van der Waals surface area contributed by atoms with Gasteiger partial charge in [-0.15, -0.1) is 0 Å². The predicted molar refractivity (Wildman–Crippen MR) is 104 cm³/mol. The van der Waals surface area contributed by atoms with Crippen molar-refractivity contribution in [2.75, 3.05) is 29.9 Å². The number of anilines is 2. The number of hydrogen-bond donors (Lipinski definition) is 2. The van der Waals surface area contributed by atoms with Crippen LogP contribution < -0.4 is 15.5 Å². The van der Waals surface area contributed by atoms with Crippen LogP contribution in [0, 0.1) is 11.7 Å². The second-order valence-electron chi connectivity index (χ2n) is 6.64. The number of nitrogens with zero attached hydrogens (tertiary/aromatic N) is 1. The molecule has 0 aliphatic carbocycles. The third-order valence-corrected chi connectivity index (χ3v) is 4.83. The molecule has 1 saturated heterocycles. The van der Waals surface area contributed by atoms with E-state index in [1.807, 2.05) is 31.2 Å². The molecule has 2 N–H and O–H groups in total. The molecule has 6 heteroatoms. The van der Waals surface area contributed by atoms with Gasteiger partial charge in [0.15, 0.2) is 0 Å². The highest BCUT2D eigenvalue weighted by atomic mass is 19.1. The number of amides is 2. The molecule has 2 aromatic rings. The van der Waals surface area contributed by atoms with Crippen molar-refractivity contribution >= 4 is 23.2 Å². The van der Waals surface area contributed by atoms with E-state index in [0.717, 1.165) is 31.6 Å². The lowest BCUT2D eigenvalue weighted by atomic mass is 9.95. The van der Waals surface area contributed by atoms with Crippen LogP contribution in [0.5, 0.6) is 0 Å². The maximum atomic E-state index is 13.7. The van der Waals surface area contributed by atoms with Gasteiger partial charge in [0.05, 0.1) is 5.56 Å². The molecule has 0 unspecified atom stereocenters. The first kappa shape index (κ1) is 18.9. The highest BCUT2D eigenvalue weighted by Crippen LogP contribution is 2.25. The lowest BCUT2D eigenvalue weighted by molar-refractivity contribution is -0.125. The number of piperidine rings is 1. The van der Waals surface area contributed by atoms with Gasteiger partial charge in [-0.1, -0.05) is 12.1 Å². The van der Waals surface area contributed by atoms with Crippen LogP contribution in [0.2, 0.25) is 0 Å². The summed E-state index contributed by atoms with van der Waals surface area (Å²) in [5, 5.41) is 5.60. The van der Waals surface area contributed by atoms with Crippen LogP contribution in [0.1, 0.15) is 30.1 Å². The minimum absolute atomic E-state index is 0.0222. The van der Waals surface area contributed by atoms with Gasteiger partial charge in [-0.3, -0.25) is 9.59 Å². The lowest BCUT2D eigenvalue weighted by Gasteiger charge is -2.33. The Balaban J connectivity index is 1.57. The van der Waals surface area contributed by atoms with Gasteiger partial charge in [-0.25, -0.2) is 4.39 Å². The van der Waals surface area contributed by atoms with Crippen LogP contribution in [0.3, 0.4) is 0 Å². The van der Waals surface area contributed by atoms with Crippen LogP contribution in [-0.4, -0.2) is 31.4 Å². The van der Waals surface area contributed by atoms with Gasteiger partial charge in [0.25, 0.3) is 5.91 Å². The Morgan fingerprint density at radius 3 is 2.37 bits per heavy atom. The summed E-state index contributed by atoms with van der Waals surface area (Å²) in [5.74, 6) is -0.783. The molecule has 0 bridgehead atoms. The van der Waals surface area contributed by atoms with E-state index < -0.39 is 11.7 Å². The van der Waals surface area contributed by atoms with Crippen molar-refractivity contribution in [1.82, 2.24) is 5.32 Å². The van der Waals surface area contributed by atoms with E-state index in [0.29, 0.717) is 12.2 Å². The van der Waals surface area contributed by atoms with Gasteiger partial charge in [-0.2, -0.15) is 0 Å². The number of nitrogens with one attached hydrogen (secondary N) is 2. The molecule has 1 fully saturated rings. The van der Waals surface area contributed by atoms with E-state index in [1.54, 1.807) is 12.1 Å². The Morgan fingerprint density at radius 2 is 1.74 bits per heavy atom. The van der Waals surface area contributed by atoms with E-state index in [4.69, 9.17) is 0 Å². The summed E-state index contributed by atoms with van der Waals surface area (Å²) in [6.45, 7) is 4.24. The SMILES string of the molecule is CCNC(=O)C1CCN(c2ccc(NC(=O)c3ccccc3F)cc2)CC1. The van der Waals surface area contributed by atoms with Crippen molar-refractivity contribution in [3.8, 4) is 0 Å². The lowest BCUT2D eigenvalue weighted by Crippen LogP contribution is -2.40. The summed E-state index contributed by atoms with van der Waals surface area (Å²) >= 11 is 0. The van der Waals surface area contributed by atoms with E-state index >= 15 is 0 Å². The molecule has 0 aromatic heterocycles. The number of carbonyl (C=O) groups excluding carboxylic acids is 2. The van der Waals surface area contributed by atoms with Gasteiger partial charge in [-0.05, 0) is 56.2 Å². The van der Waals surface area contributed by atoms with Crippen LogP contribution >= 0.6 is 0 Å². The highest BCUT2D eigenvalue weighted by molar-refractivity contribution is 6.04. The van der Waals surface area contributed by atoms with E-state index in [9.17, 15) is 14.0 Å². The van der Waals surface area contributed by atoms with Gasteiger partial charge >= 0.3 is 0 Å². The Labute approximate surface area is 158 Å². The first-order chi connectivity index (χ1) is 13.1. The molecule has 1 aliphatic heterocycles. The normalized spacial score (nSPS) is 14.7. The average molecular weight is 369 g/mol. The fourth-order valence-corrected chi connectivity index (χ4v) is 3.32. The molecule has 142 valence electrons. The molecular weight excluding hydrogens is 345 g/mol. The zero-order valence-corrected chi connectivity index (χ0v) is 15.4. The summed E-state index contributed by atoms with van der Waals surface area (Å²) in [6, 6.07) is 13.4. The molecule has 1 heterocycles. The Morgan fingerprint density at radius 1 is 1.07 bits per heavy atom. The highest BCUT2D eigenvalue weighted by Gasteiger charge is 2.24. The summed E-state index contributed by atoms with van der Waals surface area (Å²) in [7, 11) is 0. The van der Waals surface area contributed by atoms with Gasteiger partial charge in [0.1, 0.15) is 5.82 Å². The molecule has 27 heavy (non-hydrogen) atoms. The van der Waals surface area contributed by atoms with Crippen LogP contribution in [0.15, 0.2) is 48.5 Å². The number of carbonyl (C=O) groups is 2. The van der Waals surface area contributed by atoms with Crippen molar-refractivity contribution in [3.05, 3.63) is 59.9 Å². The summed E-state index contributed by atoms with van der Waals surface area (Å²) in [4.78, 5) is 26.3. The quantitative estimate of drug-likeness (QED) is 0.849. The molecule has 5 nitrogen and oxygen atoms in total. The minimum atomic E-state index is -0.540. The van der Waals surface area contributed by atoms with Crippen LogP contribution in [0.25, 0.3) is 0 Å². The largest absolute Gasteiger partial charge is 0.371 e. The molecule has 0 atom stereocenters. The minimum Gasteiger partial charge on any atom is -0.371 e. The molecule has 0 saturated carbocycles. The third kappa shape index (κ3) is 4.64. The van der Waals surface area contributed by atoms with Crippen LogP contribution in [-0.2, 0) is 4.79 Å². The zero-order chi connectivity index (χ0) is 19.2. The zero-order valence-electron chi connectivity index (χ0n) is 15.4. The number of benzene rings is 2. The van der Waals surface area contributed by atoms with Crippen molar-refractivity contribution in [3.63, 3.8) is 0 Å². The second kappa shape index (κ2) is 8.66. The number of rotatable bonds is 5. The molecule has 2 amide bonds. The maximum Gasteiger partial charge on any atom is 0.258 e. The van der Waals surface area contributed by atoms with Crippen molar-refractivity contribution < 1.29 is 14.0 Å². The Bertz CT molecular complexity index is 799. The molecule has 2 aromatic carbocycles. The molecular formula is C21H24FN3O2. The number of hydrogen-bond acceptors (Lipinski definition) is 3. The van der Waals surface area contributed by atoms with Gasteiger partial charge in [0.2, 0.25) is 5.91 Å². The molecule has 1 aliphatic rings. The van der Waals surface area contributed by atoms with Gasteiger partial charge < -0.3 is 15.5 Å². The number of halogens is 1. The topological polar surface area (TPSA) is 61.4 Å². The maximum absolute atomic E-state index is 13.7. The summed E-state index contributed by atoms with van der Waals surface area (Å²) in [5.41, 5.74) is 1.69. The molecule has 3 rings (SSSR count). The van der Waals surface area contributed by atoms with E-state index in [-0.39, 0.29) is 17.4 Å². The Kier molecular flexibility index (Phi) is 6.06. The predicted octanol–water partition coefficient (Wildman–Crippen LogP) is 3.43. The monoisotopic (exact) mass is 369 g/mol. The van der Waals surface area contributed by atoms with Crippen LogP contribution in [0.4, 0.5) is 15.8 Å². The standard InChI is InChI=1S/C21H24FN3O2/c1-2-23-20(26)15-11-13-25(14-12-15)17-9-7-16(8-10-17)24-21(27)18-5-3-4-6-19(18)22/h3-10,15H,2,11-14H2,1H3,(H,23,26)(H,24,27). The molecule has 0 spiro atoms. The first-order valence-corrected chi connectivity index (χ1v) is 9.27. The first-order valence-electron chi connectivity index (χ1n) is 9.27. The van der Waals surface area contributed by atoms with Gasteiger partial charge in [0, 0.05) is 36.9 Å². The van der Waals surface area contributed by atoms with Crippen molar-refractivity contribution in [2.24, 2.45) is 5.92 Å². The third-order valence-electron chi connectivity index (χ3n) is 4.83. The summed E-state index contributed by atoms with van der Waals surface area (Å²) in [6.07, 6.45) is 1.66. The van der Waals surface area contributed by atoms with Crippen molar-refractivity contribution in [2.45, 2.75) is 19.8 Å². The molecule has 0 radical (unpaired) electrons. The fourth-order valence-electron chi connectivity index (χ4n) is 3.32.